The molecule has 0 aliphatic carbocycles. The molecular formula is C22H27FN2O4. The van der Waals surface area contributed by atoms with Crippen molar-refractivity contribution >= 4 is 11.6 Å². The van der Waals surface area contributed by atoms with Gasteiger partial charge < -0.3 is 24.0 Å². The minimum atomic E-state index is -0.238. The zero-order valence-electron chi connectivity index (χ0n) is 17.3. The maximum Gasteiger partial charge on any atom is 0.257 e. The summed E-state index contributed by atoms with van der Waals surface area (Å²) in [5.41, 5.74) is 1.44. The molecule has 1 amide bonds. The summed E-state index contributed by atoms with van der Waals surface area (Å²) in [5.74, 6) is 0.921. The fraction of sp³-hybridized carbons (Fsp3) is 0.409. The van der Waals surface area contributed by atoms with E-state index in [0.717, 1.165) is 31.6 Å². The summed E-state index contributed by atoms with van der Waals surface area (Å²) in [6, 6.07) is 10.0. The van der Waals surface area contributed by atoms with Crippen LogP contribution in [0.3, 0.4) is 0 Å². The Kier molecular flexibility index (Phi) is 6.46. The average molecular weight is 402 g/mol. The number of hydrogen-bond acceptors (Lipinski definition) is 5. The third-order valence-electron chi connectivity index (χ3n) is 5.46. The lowest BCUT2D eigenvalue weighted by Gasteiger charge is -2.38. The van der Waals surface area contributed by atoms with Crippen LogP contribution in [0.4, 0.5) is 10.1 Å². The fourth-order valence-electron chi connectivity index (χ4n) is 3.79. The lowest BCUT2D eigenvalue weighted by molar-refractivity contribution is 0.0705. The van der Waals surface area contributed by atoms with Crippen LogP contribution >= 0.6 is 0 Å². The van der Waals surface area contributed by atoms with Crippen LogP contribution in [0.2, 0.25) is 0 Å². The maximum atomic E-state index is 13.2. The Labute approximate surface area is 170 Å². The number of halogens is 1. The topological polar surface area (TPSA) is 51.2 Å². The summed E-state index contributed by atoms with van der Waals surface area (Å²) in [6.07, 6.45) is 1.66. The highest BCUT2D eigenvalue weighted by Gasteiger charge is 2.29. The van der Waals surface area contributed by atoms with Gasteiger partial charge in [-0.3, -0.25) is 4.79 Å². The van der Waals surface area contributed by atoms with Crippen molar-refractivity contribution in [1.29, 1.82) is 0 Å². The van der Waals surface area contributed by atoms with Crippen LogP contribution < -0.4 is 19.1 Å². The molecule has 1 fully saturated rings. The van der Waals surface area contributed by atoms with Gasteiger partial charge in [0.25, 0.3) is 5.91 Å². The lowest BCUT2D eigenvalue weighted by Crippen LogP contribution is -2.45. The molecule has 0 spiro atoms. The number of benzene rings is 2. The van der Waals surface area contributed by atoms with E-state index in [4.69, 9.17) is 14.2 Å². The molecule has 0 saturated carbocycles. The van der Waals surface area contributed by atoms with Crippen LogP contribution in [0.1, 0.15) is 23.2 Å². The quantitative estimate of drug-likeness (QED) is 0.739. The first-order valence-corrected chi connectivity index (χ1v) is 9.56. The van der Waals surface area contributed by atoms with Gasteiger partial charge in [-0.1, -0.05) is 0 Å². The highest BCUT2D eigenvalue weighted by atomic mass is 19.1. The van der Waals surface area contributed by atoms with E-state index in [1.54, 1.807) is 36.3 Å². The number of amides is 1. The molecule has 0 atom stereocenters. The number of piperidine rings is 1. The Morgan fingerprint density at radius 3 is 2.14 bits per heavy atom. The Morgan fingerprint density at radius 1 is 0.966 bits per heavy atom. The number of nitrogens with zero attached hydrogens (tertiary/aromatic N) is 2. The van der Waals surface area contributed by atoms with Gasteiger partial charge in [0.05, 0.1) is 26.9 Å². The Hall–Kier alpha value is -2.96. The minimum absolute atomic E-state index is 0.108. The molecule has 2 aromatic carbocycles. The minimum Gasteiger partial charge on any atom is -0.493 e. The van der Waals surface area contributed by atoms with Crippen LogP contribution in [0.15, 0.2) is 36.4 Å². The number of carbonyl (C=O) groups excluding carboxylic acids is 1. The average Bonchev–Trinajstić information content (AvgIpc) is 2.77. The van der Waals surface area contributed by atoms with Crippen LogP contribution in [-0.4, -0.2) is 58.3 Å². The van der Waals surface area contributed by atoms with E-state index < -0.39 is 0 Å². The van der Waals surface area contributed by atoms with Gasteiger partial charge in [0.15, 0.2) is 11.5 Å². The van der Waals surface area contributed by atoms with Gasteiger partial charge in [0.2, 0.25) is 5.75 Å². The van der Waals surface area contributed by atoms with E-state index in [0.29, 0.717) is 22.8 Å². The fourth-order valence-corrected chi connectivity index (χ4v) is 3.79. The van der Waals surface area contributed by atoms with Gasteiger partial charge >= 0.3 is 0 Å². The molecular weight excluding hydrogens is 375 g/mol. The SMILES string of the molecule is COc1ccc(C(=O)N(C)C2CCN(c3ccc(F)cc3)CC2)c(OC)c1OC. The first-order chi connectivity index (χ1) is 14.0. The summed E-state index contributed by atoms with van der Waals surface area (Å²) >= 11 is 0. The summed E-state index contributed by atoms with van der Waals surface area (Å²) < 4.78 is 29.3. The van der Waals surface area contributed by atoms with E-state index in [2.05, 4.69) is 4.90 Å². The van der Waals surface area contributed by atoms with Gasteiger partial charge in [-0.05, 0) is 49.2 Å². The first kappa shape index (κ1) is 20.8. The van der Waals surface area contributed by atoms with E-state index in [1.807, 2.05) is 7.05 Å². The number of hydrogen-bond donors (Lipinski definition) is 0. The molecule has 1 aliphatic rings. The van der Waals surface area contributed by atoms with Gasteiger partial charge in [-0.25, -0.2) is 4.39 Å². The molecule has 0 aromatic heterocycles. The monoisotopic (exact) mass is 402 g/mol. The van der Waals surface area contributed by atoms with Gasteiger partial charge in [-0.2, -0.15) is 0 Å². The molecule has 1 heterocycles. The standard InChI is InChI=1S/C22H27FN2O4/c1-24(16-11-13-25(14-12-16)17-7-5-15(23)6-8-17)22(26)18-9-10-19(27-2)21(29-4)20(18)28-3/h5-10,16H,11-14H2,1-4H3. The van der Waals surface area contributed by atoms with Crippen molar-refractivity contribution < 1.29 is 23.4 Å². The summed E-state index contributed by atoms with van der Waals surface area (Å²) in [5, 5.41) is 0. The van der Waals surface area contributed by atoms with Crippen molar-refractivity contribution in [3.63, 3.8) is 0 Å². The smallest absolute Gasteiger partial charge is 0.257 e. The molecule has 0 N–H and O–H groups in total. The second-order valence-electron chi connectivity index (χ2n) is 6.99. The predicted molar refractivity (Wildman–Crippen MR) is 110 cm³/mol. The number of methoxy groups -OCH3 is 3. The Balaban J connectivity index is 1.72. The summed E-state index contributed by atoms with van der Waals surface area (Å²) in [6.45, 7) is 1.61. The first-order valence-electron chi connectivity index (χ1n) is 9.56. The number of anilines is 1. The van der Waals surface area contributed by atoms with Gasteiger partial charge in [0, 0.05) is 31.9 Å². The zero-order valence-corrected chi connectivity index (χ0v) is 17.3. The summed E-state index contributed by atoms with van der Waals surface area (Å²) in [7, 11) is 6.38. The molecule has 156 valence electrons. The van der Waals surface area contributed by atoms with Crippen molar-refractivity contribution in [2.45, 2.75) is 18.9 Å². The number of rotatable bonds is 6. The molecule has 29 heavy (non-hydrogen) atoms. The molecule has 7 heteroatoms. The normalized spacial score (nSPS) is 14.4. The van der Waals surface area contributed by atoms with Crippen LogP contribution in [0.25, 0.3) is 0 Å². The molecule has 1 saturated heterocycles. The van der Waals surface area contributed by atoms with Crippen LogP contribution in [0, 0.1) is 5.82 Å². The second kappa shape index (κ2) is 9.03. The van der Waals surface area contributed by atoms with E-state index in [1.165, 1.54) is 26.4 Å². The zero-order chi connectivity index (χ0) is 21.0. The third kappa shape index (κ3) is 4.23. The van der Waals surface area contributed by atoms with Crippen molar-refractivity contribution in [3.8, 4) is 17.2 Å². The highest BCUT2D eigenvalue weighted by Crippen LogP contribution is 2.40. The molecule has 6 nitrogen and oxygen atoms in total. The molecule has 0 bridgehead atoms. The van der Waals surface area contributed by atoms with Crippen LogP contribution in [0.5, 0.6) is 17.2 Å². The van der Waals surface area contributed by atoms with Gasteiger partial charge in [0.1, 0.15) is 5.82 Å². The molecule has 0 unspecified atom stereocenters. The van der Waals surface area contributed by atoms with E-state index in [-0.39, 0.29) is 17.8 Å². The molecule has 3 rings (SSSR count). The lowest BCUT2D eigenvalue weighted by atomic mass is 10.0. The van der Waals surface area contributed by atoms with E-state index in [9.17, 15) is 9.18 Å². The molecule has 0 radical (unpaired) electrons. The van der Waals surface area contributed by atoms with Crippen molar-refractivity contribution in [3.05, 3.63) is 47.8 Å². The van der Waals surface area contributed by atoms with Gasteiger partial charge in [-0.15, -0.1) is 0 Å². The molecule has 1 aliphatic heterocycles. The van der Waals surface area contributed by atoms with E-state index >= 15 is 0 Å². The summed E-state index contributed by atoms with van der Waals surface area (Å²) in [4.78, 5) is 17.2. The molecule has 2 aromatic rings. The highest BCUT2D eigenvalue weighted by molar-refractivity contribution is 5.98. The Bertz CT molecular complexity index is 849. The maximum absolute atomic E-state index is 13.2. The second-order valence-corrected chi connectivity index (χ2v) is 6.99. The largest absolute Gasteiger partial charge is 0.493 e. The third-order valence-corrected chi connectivity index (χ3v) is 5.46. The van der Waals surface area contributed by atoms with Crippen molar-refractivity contribution in [1.82, 2.24) is 4.90 Å². The van der Waals surface area contributed by atoms with Crippen molar-refractivity contribution in [2.75, 3.05) is 46.4 Å². The Morgan fingerprint density at radius 2 is 1.59 bits per heavy atom. The number of carbonyl (C=O) groups is 1. The van der Waals surface area contributed by atoms with Crippen molar-refractivity contribution in [2.24, 2.45) is 0 Å². The number of ether oxygens (including phenoxy) is 3. The van der Waals surface area contributed by atoms with Crippen LogP contribution in [-0.2, 0) is 0 Å². The predicted octanol–water partition coefficient (Wildman–Crippen LogP) is 3.59.